The molecule has 186 valence electrons. The highest BCUT2D eigenvalue weighted by molar-refractivity contribution is 7.16. The standard InChI is InChI=1S/C16H20N4O4.C6H7ClS.C2H6/c21-10-17-8-13-9-20(16(23)24-13)12-3-4-15(14(7-12)18-11-22)19-5-1-2-6-19;1-2-5-3-4-6(7)8-5;1-2/h3-4,7,10-11,13H,1-2,5-6,8-9H2,(H,17,21)(H,18,22);3-4H,2H2,1H3;1-2H3. The second kappa shape index (κ2) is 14.5. The SMILES string of the molecule is CC.CCc1ccc(Cl)s1.O=CNCC1CN(c2ccc(N3CCCC3)c(NC=O)c2)C(=O)O1. The van der Waals surface area contributed by atoms with Gasteiger partial charge in [0.25, 0.3) is 0 Å². The zero-order valence-electron chi connectivity index (χ0n) is 19.9. The minimum Gasteiger partial charge on any atom is -0.442 e. The Hall–Kier alpha value is -2.78. The number of carbonyl (C=O) groups excluding carboxylic acids is 3. The van der Waals surface area contributed by atoms with Crippen LogP contribution in [0.5, 0.6) is 0 Å². The van der Waals surface area contributed by atoms with Gasteiger partial charge in [-0.2, -0.15) is 0 Å². The van der Waals surface area contributed by atoms with E-state index in [1.807, 2.05) is 32.0 Å². The molecule has 34 heavy (non-hydrogen) atoms. The van der Waals surface area contributed by atoms with Crippen LogP contribution in [0.15, 0.2) is 30.3 Å². The molecule has 2 aromatic rings. The topological polar surface area (TPSA) is 91.0 Å². The number of hydrogen-bond donors (Lipinski definition) is 2. The number of benzene rings is 1. The first-order chi connectivity index (χ1) is 16.5. The number of ether oxygens (including phenoxy) is 1. The molecule has 2 aliphatic rings. The summed E-state index contributed by atoms with van der Waals surface area (Å²) in [6.45, 7) is 8.67. The van der Waals surface area contributed by atoms with Crippen LogP contribution in [0.25, 0.3) is 0 Å². The molecule has 1 aromatic heterocycles. The molecule has 1 aromatic carbocycles. The van der Waals surface area contributed by atoms with Gasteiger partial charge in [-0.15, -0.1) is 11.3 Å². The van der Waals surface area contributed by atoms with Crippen LogP contribution >= 0.6 is 22.9 Å². The first-order valence-electron chi connectivity index (χ1n) is 11.5. The Kier molecular flexibility index (Phi) is 11.7. The van der Waals surface area contributed by atoms with E-state index in [1.165, 1.54) is 9.78 Å². The van der Waals surface area contributed by atoms with E-state index in [0.29, 0.717) is 30.7 Å². The van der Waals surface area contributed by atoms with Crippen LogP contribution in [0.2, 0.25) is 4.34 Å². The molecule has 8 nitrogen and oxygen atoms in total. The predicted molar refractivity (Wildman–Crippen MR) is 139 cm³/mol. The first kappa shape index (κ1) is 27.5. The molecular formula is C24H33ClN4O4S. The summed E-state index contributed by atoms with van der Waals surface area (Å²) in [5.74, 6) is 0. The van der Waals surface area contributed by atoms with E-state index < -0.39 is 6.09 Å². The Morgan fingerprint density at radius 2 is 1.88 bits per heavy atom. The summed E-state index contributed by atoms with van der Waals surface area (Å²) in [5.41, 5.74) is 2.28. The fourth-order valence-corrected chi connectivity index (χ4v) is 4.69. The molecule has 2 N–H and O–H groups in total. The molecule has 1 atom stereocenters. The molecule has 1 unspecified atom stereocenters. The van der Waals surface area contributed by atoms with Gasteiger partial charge in [0.15, 0.2) is 0 Å². The van der Waals surface area contributed by atoms with Crippen molar-refractivity contribution < 1.29 is 19.1 Å². The van der Waals surface area contributed by atoms with E-state index >= 15 is 0 Å². The van der Waals surface area contributed by atoms with Gasteiger partial charge in [0, 0.05) is 23.7 Å². The maximum absolute atomic E-state index is 12.0. The number of amides is 3. The number of rotatable bonds is 8. The Morgan fingerprint density at radius 3 is 2.44 bits per heavy atom. The van der Waals surface area contributed by atoms with E-state index in [1.54, 1.807) is 17.4 Å². The highest BCUT2D eigenvalue weighted by Gasteiger charge is 2.32. The Labute approximate surface area is 210 Å². The molecule has 4 rings (SSSR count). The number of thiophene rings is 1. The van der Waals surface area contributed by atoms with Crippen LogP contribution in [0.1, 0.15) is 38.5 Å². The van der Waals surface area contributed by atoms with Crippen molar-refractivity contribution in [2.75, 3.05) is 41.3 Å². The monoisotopic (exact) mass is 508 g/mol. The molecule has 2 saturated heterocycles. The molecular weight excluding hydrogens is 476 g/mol. The van der Waals surface area contributed by atoms with Crippen molar-refractivity contribution in [2.24, 2.45) is 0 Å². The van der Waals surface area contributed by atoms with Gasteiger partial charge >= 0.3 is 6.09 Å². The second-order valence-electron chi connectivity index (χ2n) is 7.36. The summed E-state index contributed by atoms with van der Waals surface area (Å²) in [7, 11) is 0. The molecule has 0 radical (unpaired) electrons. The van der Waals surface area contributed by atoms with Crippen molar-refractivity contribution in [3.8, 4) is 0 Å². The summed E-state index contributed by atoms with van der Waals surface area (Å²) >= 11 is 7.31. The van der Waals surface area contributed by atoms with Crippen molar-refractivity contribution in [3.05, 3.63) is 39.5 Å². The molecule has 0 spiro atoms. The van der Waals surface area contributed by atoms with Crippen LogP contribution in [-0.2, 0) is 20.7 Å². The maximum atomic E-state index is 12.0. The lowest BCUT2D eigenvalue weighted by atomic mass is 10.2. The molecule has 2 aliphatic heterocycles. The van der Waals surface area contributed by atoms with Gasteiger partial charge in [0.1, 0.15) is 6.10 Å². The Morgan fingerprint density at radius 1 is 1.15 bits per heavy atom. The van der Waals surface area contributed by atoms with Crippen LogP contribution < -0.4 is 20.4 Å². The summed E-state index contributed by atoms with van der Waals surface area (Å²) in [4.78, 5) is 38.4. The number of aryl methyl sites for hydroxylation is 1. The average Bonchev–Trinajstić information content (AvgIpc) is 3.61. The molecule has 0 saturated carbocycles. The predicted octanol–water partition coefficient (Wildman–Crippen LogP) is 4.92. The van der Waals surface area contributed by atoms with Gasteiger partial charge in [0.2, 0.25) is 12.8 Å². The Balaban J connectivity index is 0.000000343. The van der Waals surface area contributed by atoms with Gasteiger partial charge in [-0.05, 0) is 49.6 Å². The number of anilines is 3. The van der Waals surface area contributed by atoms with Crippen molar-refractivity contribution in [2.45, 2.75) is 46.1 Å². The number of carbonyl (C=O) groups is 3. The Bertz CT molecular complexity index is 933. The van der Waals surface area contributed by atoms with E-state index in [9.17, 15) is 14.4 Å². The smallest absolute Gasteiger partial charge is 0.414 e. The zero-order valence-corrected chi connectivity index (χ0v) is 21.5. The second-order valence-corrected chi connectivity index (χ2v) is 9.16. The first-order valence-corrected chi connectivity index (χ1v) is 12.7. The average molecular weight is 509 g/mol. The molecule has 0 bridgehead atoms. The van der Waals surface area contributed by atoms with E-state index in [-0.39, 0.29) is 12.6 Å². The number of hydrogen-bond acceptors (Lipinski definition) is 6. The fourth-order valence-electron chi connectivity index (χ4n) is 3.66. The molecule has 0 aliphatic carbocycles. The number of cyclic esters (lactones) is 1. The minimum absolute atomic E-state index is 0.275. The molecule has 3 heterocycles. The van der Waals surface area contributed by atoms with E-state index in [4.69, 9.17) is 16.3 Å². The lowest BCUT2D eigenvalue weighted by Gasteiger charge is -2.23. The van der Waals surface area contributed by atoms with Crippen LogP contribution in [-0.4, -0.2) is 51.2 Å². The third kappa shape index (κ3) is 7.63. The largest absolute Gasteiger partial charge is 0.442 e. The lowest BCUT2D eigenvalue weighted by molar-refractivity contribution is -0.110. The normalized spacial score (nSPS) is 16.6. The molecule has 2 fully saturated rings. The number of halogens is 1. The molecule has 10 heteroatoms. The van der Waals surface area contributed by atoms with Crippen molar-refractivity contribution >= 4 is 58.9 Å². The lowest BCUT2D eigenvalue weighted by Crippen LogP contribution is -2.30. The third-order valence-electron chi connectivity index (χ3n) is 5.23. The quantitative estimate of drug-likeness (QED) is 0.494. The van der Waals surface area contributed by atoms with Gasteiger partial charge in [-0.3, -0.25) is 14.5 Å². The fraction of sp³-hybridized carbons (Fsp3) is 0.458. The zero-order chi connectivity index (χ0) is 24.9. The summed E-state index contributed by atoms with van der Waals surface area (Å²) in [6, 6.07) is 9.54. The summed E-state index contributed by atoms with van der Waals surface area (Å²) in [5, 5.41) is 5.23. The van der Waals surface area contributed by atoms with Crippen molar-refractivity contribution in [1.82, 2.24) is 5.32 Å². The number of nitrogens with zero attached hydrogens (tertiary/aromatic N) is 2. The minimum atomic E-state index is -0.460. The summed E-state index contributed by atoms with van der Waals surface area (Å²) in [6.07, 6.45) is 3.73. The van der Waals surface area contributed by atoms with E-state index in [0.717, 1.165) is 42.4 Å². The maximum Gasteiger partial charge on any atom is 0.414 e. The third-order valence-corrected chi connectivity index (χ3v) is 6.61. The van der Waals surface area contributed by atoms with Crippen LogP contribution in [0, 0.1) is 0 Å². The highest BCUT2D eigenvalue weighted by atomic mass is 35.5. The van der Waals surface area contributed by atoms with Crippen molar-refractivity contribution in [1.29, 1.82) is 0 Å². The highest BCUT2D eigenvalue weighted by Crippen LogP contribution is 2.34. The van der Waals surface area contributed by atoms with E-state index in [2.05, 4.69) is 28.5 Å². The van der Waals surface area contributed by atoms with Gasteiger partial charge < -0.3 is 20.3 Å². The van der Waals surface area contributed by atoms with Gasteiger partial charge in [0.05, 0.1) is 28.8 Å². The summed E-state index contributed by atoms with van der Waals surface area (Å²) < 4.78 is 6.12. The molecule has 3 amide bonds. The van der Waals surface area contributed by atoms with Crippen LogP contribution in [0.3, 0.4) is 0 Å². The number of nitrogens with one attached hydrogen (secondary N) is 2. The van der Waals surface area contributed by atoms with Gasteiger partial charge in [-0.25, -0.2) is 4.79 Å². The van der Waals surface area contributed by atoms with Gasteiger partial charge in [-0.1, -0.05) is 32.4 Å². The van der Waals surface area contributed by atoms with Crippen LogP contribution in [0.4, 0.5) is 21.9 Å². The van der Waals surface area contributed by atoms with Crippen molar-refractivity contribution in [3.63, 3.8) is 0 Å².